The molecule has 1 N–H and O–H groups in total. The molecule has 21 heavy (non-hydrogen) atoms. The molecule has 0 radical (unpaired) electrons. The molecule has 1 amide bonds. The number of aromatic nitrogens is 1. The van der Waals surface area contributed by atoms with Crippen LogP contribution in [0.1, 0.15) is 23.0 Å². The molecular formula is C14H13IN2O4. The maximum atomic E-state index is 12.0. The van der Waals surface area contributed by atoms with Crippen molar-refractivity contribution >= 4 is 40.3 Å². The third-order valence-electron chi connectivity index (χ3n) is 2.63. The average Bonchev–Trinajstić information content (AvgIpc) is 2.84. The zero-order valence-corrected chi connectivity index (χ0v) is 13.6. The summed E-state index contributed by atoms with van der Waals surface area (Å²) in [7, 11) is 0. The third-order valence-corrected chi connectivity index (χ3v) is 3.57. The molecule has 0 aliphatic rings. The molecule has 0 saturated carbocycles. The van der Waals surface area contributed by atoms with E-state index < -0.39 is 18.0 Å². The molecule has 0 saturated heterocycles. The molecule has 0 aliphatic heterocycles. The van der Waals surface area contributed by atoms with Crippen LogP contribution in [0.25, 0.3) is 0 Å². The summed E-state index contributed by atoms with van der Waals surface area (Å²) in [5, 5.41) is 6.15. The predicted octanol–water partition coefficient (Wildman–Crippen LogP) is 2.77. The van der Waals surface area contributed by atoms with Crippen molar-refractivity contribution in [2.45, 2.75) is 20.0 Å². The second kappa shape index (κ2) is 6.70. The molecule has 0 unspecified atom stereocenters. The first-order valence-electron chi connectivity index (χ1n) is 6.17. The van der Waals surface area contributed by atoms with Crippen LogP contribution in [-0.2, 0) is 9.53 Å². The Bertz CT molecular complexity index is 668. The number of benzene rings is 1. The van der Waals surface area contributed by atoms with Gasteiger partial charge in [-0.1, -0.05) is 17.3 Å². The molecule has 0 bridgehead atoms. The first-order valence-corrected chi connectivity index (χ1v) is 7.25. The van der Waals surface area contributed by atoms with Gasteiger partial charge in [0.2, 0.25) is 0 Å². The van der Waals surface area contributed by atoms with Crippen molar-refractivity contribution in [3.63, 3.8) is 0 Å². The fraction of sp³-hybridized carbons (Fsp3) is 0.214. The lowest BCUT2D eigenvalue weighted by molar-refractivity contribution is -0.123. The molecule has 0 fully saturated rings. The monoisotopic (exact) mass is 400 g/mol. The van der Waals surface area contributed by atoms with Crippen LogP contribution >= 0.6 is 22.6 Å². The van der Waals surface area contributed by atoms with Crippen molar-refractivity contribution in [1.82, 2.24) is 5.16 Å². The Labute approximate surface area is 135 Å². The summed E-state index contributed by atoms with van der Waals surface area (Å²) < 4.78 is 10.7. The number of nitrogens with one attached hydrogen (secondary N) is 1. The van der Waals surface area contributed by atoms with E-state index >= 15 is 0 Å². The van der Waals surface area contributed by atoms with Crippen LogP contribution in [-0.4, -0.2) is 23.1 Å². The molecule has 1 atom stereocenters. The number of hydrogen-bond acceptors (Lipinski definition) is 5. The van der Waals surface area contributed by atoms with E-state index in [4.69, 9.17) is 9.26 Å². The van der Waals surface area contributed by atoms with Gasteiger partial charge in [0.15, 0.2) is 11.9 Å². The SMILES string of the molecule is Cc1cc(NC(=O)[C@H](C)OC(=O)c2ccccc2I)no1. The Kier molecular flexibility index (Phi) is 4.94. The summed E-state index contributed by atoms with van der Waals surface area (Å²) in [4.78, 5) is 23.9. The summed E-state index contributed by atoms with van der Waals surface area (Å²) in [6, 6.07) is 8.58. The van der Waals surface area contributed by atoms with Gasteiger partial charge in [-0.05, 0) is 48.6 Å². The lowest BCUT2D eigenvalue weighted by Crippen LogP contribution is -2.30. The average molecular weight is 400 g/mol. The number of carbonyl (C=O) groups excluding carboxylic acids is 2. The van der Waals surface area contributed by atoms with Crippen molar-refractivity contribution in [3.8, 4) is 0 Å². The van der Waals surface area contributed by atoms with E-state index in [0.29, 0.717) is 11.3 Å². The van der Waals surface area contributed by atoms with Gasteiger partial charge in [0.05, 0.1) is 5.56 Å². The van der Waals surface area contributed by atoms with Gasteiger partial charge in [-0.2, -0.15) is 0 Å². The Morgan fingerprint density at radius 1 is 1.38 bits per heavy atom. The quantitative estimate of drug-likeness (QED) is 0.631. The first kappa shape index (κ1) is 15.5. The van der Waals surface area contributed by atoms with Crippen molar-refractivity contribution < 1.29 is 18.8 Å². The second-order valence-corrected chi connectivity index (χ2v) is 5.50. The minimum atomic E-state index is -0.939. The number of hydrogen-bond donors (Lipinski definition) is 1. The van der Waals surface area contributed by atoms with Gasteiger partial charge in [-0.3, -0.25) is 4.79 Å². The standard InChI is InChI=1S/C14H13IN2O4/c1-8-7-12(17-21-8)16-13(18)9(2)20-14(19)10-5-3-4-6-11(10)15/h3-7,9H,1-2H3,(H,16,17,18)/t9-/m0/s1. The van der Waals surface area contributed by atoms with Crippen LogP contribution in [0.4, 0.5) is 5.82 Å². The number of carbonyl (C=O) groups is 2. The van der Waals surface area contributed by atoms with E-state index in [1.54, 1.807) is 31.2 Å². The van der Waals surface area contributed by atoms with E-state index in [1.807, 2.05) is 28.7 Å². The number of anilines is 1. The van der Waals surface area contributed by atoms with Crippen LogP contribution < -0.4 is 5.32 Å². The summed E-state index contributed by atoms with van der Waals surface area (Å²) in [6.45, 7) is 3.21. The highest BCUT2D eigenvalue weighted by Gasteiger charge is 2.21. The molecule has 1 aromatic carbocycles. The van der Waals surface area contributed by atoms with Crippen LogP contribution in [0.3, 0.4) is 0 Å². The van der Waals surface area contributed by atoms with E-state index in [1.165, 1.54) is 6.92 Å². The number of esters is 1. The summed E-state index contributed by atoms with van der Waals surface area (Å²) in [5.74, 6) is -0.148. The zero-order valence-electron chi connectivity index (χ0n) is 11.4. The molecule has 0 aliphatic carbocycles. The molecule has 1 heterocycles. The van der Waals surface area contributed by atoms with Crippen LogP contribution in [0, 0.1) is 10.5 Å². The minimum Gasteiger partial charge on any atom is -0.449 e. The predicted molar refractivity (Wildman–Crippen MR) is 83.9 cm³/mol. The zero-order chi connectivity index (χ0) is 15.4. The topological polar surface area (TPSA) is 81.4 Å². The summed E-state index contributed by atoms with van der Waals surface area (Å²) >= 11 is 2.04. The highest BCUT2D eigenvalue weighted by atomic mass is 127. The minimum absolute atomic E-state index is 0.287. The van der Waals surface area contributed by atoms with Crippen molar-refractivity contribution in [2.24, 2.45) is 0 Å². The highest BCUT2D eigenvalue weighted by Crippen LogP contribution is 2.14. The molecular weight excluding hydrogens is 387 g/mol. The van der Waals surface area contributed by atoms with Gasteiger partial charge in [0.25, 0.3) is 5.91 Å². The van der Waals surface area contributed by atoms with Crippen molar-refractivity contribution in [3.05, 3.63) is 45.2 Å². The molecule has 0 spiro atoms. The Hall–Kier alpha value is -1.90. The van der Waals surface area contributed by atoms with Gasteiger partial charge in [-0.15, -0.1) is 0 Å². The Morgan fingerprint density at radius 3 is 2.71 bits per heavy atom. The van der Waals surface area contributed by atoms with Crippen molar-refractivity contribution in [2.75, 3.05) is 5.32 Å². The summed E-state index contributed by atoms with van der Waals surface area (Å²) in [5.41, 5.74) is 0.426. The van der Waals surface area contributed by atoms with Gasteiger partial charge in [0, 0.05) is 9.64 Å². The van der Waals surface area contributed by atoms with Gasteiger partial charge in [-0.25, -0.2) is 4.79 Å². The number of nitrogens with zero attached hydrogens (tertiary/aromatic N) is 1. The molecule has 2 rings (SSSR count). The maximum absolute atomic E-state index is 12.0. The van der Waals surface area contributed by atoms with Crippen LogP contribution in [0.2, 0.25) is 0 Å². The number of aryl methyl sites for hydroxylation is 1. The van der Waals surface area contributed by atoms with E-state index in [0.717, 1.165) is 3.57 Å². The highest BCUT2D eigenvalue weighted by molar-refractivity contribution is 14.1. The van der Waals surface area contributed by atoms with Gasteiger partial charge in [0.1, 0.15) is 5.76 Å². The van der Waals surface area contributed by atoms with Gasteiger partial charge >= 0.3 is 5.97 Å². The Morgan fingerprint density at radius 2 is 2.10 bits per heavy atom. The molecule has 6 nitrogen and oxygen atoms in total. The number of rotatable bonds is 4. The molecule has 7 heteroatoms. The fourth-order valence-corrected chi connectivity index (χ4v) is 2.17. The normalized spacial score (nSPS) is 11.8. The van der Waals surface area contributed by atoms with Gasteiger partial charge < -0.3 is 14.6 Å². The second-order valence-electron chi connectivity index (χ2n) is 4.34. The number of ether oxygens (including phenoxy) is 1. The van der Waals surface area contributed by atoms with Crippen LogP contribution in [0.15, 0.2) is 34.9 Å². The largest absolute Gasteiger partial charge is 0.449 e. The lowest BCUT2D eigenvalue weighted by atomic mass is 10.2. The Balaban J connectivity index is 1.97. The maximum Gasteiger partial charge on any atom is 0.339 e. The number of amides is 1. The molecule has 1 aromatic heterocycles. The van der Waals surface area contributed by atoms with Crippen LogP contribution in [0.5, 0.6) is 0 Å². The number of halogens is 1. The molecule has 2 aromatic rings. The summed E-state index contributed by atoms with van der Waals surface area (Å²) in [6.07, 6.45) is -0.939. The van der Waals surface area contributed by atoms with Crippen molar-refractivity contribution in [1.29, 1.82) is 0 Å². The van der Waals surface area contributed by atoms with E-state index in [-0.39, 0.29) is 5.82 Å². The fourth-order valence-electron chi connectivity index (χ4n) is 1.56. The third kappa shape index (κ3) is 4.03. The first-order chi connectivity index (χ1) is 9.97. The van der Waals surface area contributed by atoms with E-state index in [2.05, 4.69) is 10.5 Å². The molecule has 110 valence electrons. The van der Waals surface area contributed by atoms with E-state index in [9.17, 15) is 9.59 Å². The smallest absolute Gasteiger partial charge is 0.339 e. The lowest BCUT2D eigenvalue weighted by Gasteiger charge is -2.12.